The van der Waals surface area contributed by atoms with Gasteiger partial charge >= 0.3 is 0 Å². The van der Waals surface area contributed by atoms with Crippen LogP contribution in [0.4, 0.5) is 5.82 Å². The Kier molecular flexibility index (Phi) is 5.04. The molecule has 3 heterocycles. The number of hydrogen-bond donors (Lipinski definition) is 0. The minimum Gasteiger partial charge on any atom is -0.496 e. The molecule has 0 amide bonds. The van der Waals surface area contributed by atoms with Crippen molar-refractivity contribution in [1.82, 2.24) is 14.8 Å². The largest absolute Gasteiger partial charge is 0.496 e. The predicted molar refractivity (Wildman–Crippen MR) is 124 cm³/mol. The minimum atomic E-state index is -0.0131. The zero-order valence-corrected chi connectivity index (χ0v) is 18.0. The molecule has 0 unspecified atom stereocenters. The summed E-state index contributed by atoms with van der Waals surface area (Å²) >= 11 is 6.13. The van der Waals surface area contributed by atoms with E-state index in [1.54, 1.807) is 13.3 Å². The molecule has 31 heavy (non-hydrogen) atoms. The van der Waals surface area contributed by atoms with E-state index in [1.807, 2.05) is 66.3 Å². The fourth-order valence-corrected chi connectivity index (χ4v) is 4.27. The number of ether oxygens (including phenoxy) is 1. The van der Waals surface area contributed by atoms with Gasteiger partial charge in [0.2, 0.25) is 0 Å². The lowest BCUT2D eigenvalue weighted by atomic mass is 9.95. The number of aryl methyl sites for hydroxylation is 1. The lowest BCUT2D eigenvalue weighted by Crippen LogP contribution is -2.21. The lowest BCUT2D eigenvalue weighted by molar-refractivity contribution is 0.413. The Hall–Kier alpha value is -3.44. The quantitative estimate of drug-likeness (QED) is 0.398. The lowest BCUT2D eigenvalue weighted by Gasteiger charge is -2.25. The average Bonchev–Trinajstić information content (AvgIpc) is 3.15. The van der Waals surface area contributed by atoms with Crippen LogP contribution < -0.4 is 4.74 Å². The van der Waals surface area contributed by atoms with Crippen molar-refractivity contribution in [1.29, 1.82) is 0 Å². The number of methoxy groups -OCH3 is 1. The second kappa shape index (κ2) is 8.00. The molecule has 2 aromatic carbocycles. The summed E-state index contributed by atoms with van der Waals surface area (Å²) in [5, 5.41) is 5.60. The second-order valence-electron chi connectivity index (χ2n) is 7.50. The molecular weight excluding hydrogens is 408 g/mol. The van der Waals surface area contributed by atoms with E-state index in [-0.39, 0.29) is 6.04 Å². The maximum atomic E-state index is 6.13. The zero-order valence-electron chi connectivity index (χ0n) is 17.3. The zero-order chi connectivity index (χ0) is 21.4. The number of hydrogen-bond acceptors (Lipinski definition) is 4. The van der Waals surface area contributed by atoms with Gasteiger partial charge in [-0.3, -0.25) is 4.98 Å². The summed E-state index contributed by atoms with van der Waals surface area (Å²) in [4.78, 5) is 9.44. The Morgan fingerprint density at radius 3 is 2.58 bits per heavy atom. The van der Waals surface area contributed by atoms with Gasteiger partial charge in [0, 0.05) is 35.0 Å². The van der Waals surface area contributed by atoms with Crippen LogP contribution in [-0.2, 0) is 0 Å². The molecule has 0 radical (unpaired) electrons. The van der Waals surface area contributed by atoms with Gasteiger partial charge in [0.15, 0.2) is 5.82 Å². The maximum absolute atomic E-state index is 6.13. The summed E-state index contributed by atoms with van der Waals surface area (Å²) < 4.78 is 7.65. The molecule has 1 aliphatic heterocycles. The van der Waals surface area contributed by atoms with Crippen LogP contribution >= 0.6 is 11.6 Å². The minimum absolute atomic E-state index is 0.0131. The van der Waals surface area contributed by atoms with E-state index in [9.17, 15) is 0 Å². The molecule has 1 atom stereocenters. The highest BCUT2D eigenvalue weighted by Crippen LogP contribution is 2.42. The predicted octanol–water partition coefficient (Wildman–Crippen LogP) is 6.03. The summed E-state index contributed by atoms with van der Waals surface area (Å²) in [6.45, 7) is 2.02. The van der Waals surface area contributed by atoms with Crippen LogP contribution in [0.5, 0.6) is 5.75 Å². The van der Waals surface area contributed by atoms with Gasteiger partial charge in [0.05, 0.1) is 24.6 Å². The molecule has 0 spiro atoms. The highest BCUT2D eigenvalue weighted by Gasteiger charge is 2.30. The molecule has 0 bridgehead atoms. The van der Waals surface area contributed by atoms with Gasteiger partial charge in [-0.15, -0.1) is 0 Å². The number of para-hydroxylation sites is 1. The Bertz CT molecular complexity index is 1260. The third-order valence-electron chi connectivity index (χ3n) is 5.60. The van der Waals surface area contributed by atoms with Crippen molar-refractivity contribution in [2.24, 2.45) is 4.99 Å². The van der Waals surface area contributed by atoms with Crippen molar-refractivity contribution >= 4 is 23.1 Å². The maximum Gasteiger partial charge on any atom is 0.159 e. The van der Waals surface area contributed by atoms with E-state index >= 15 is 0 Å². The average molecular weight is 429 g/mol. The molecule has 5 rings (SSSR count). The van der Waals surface area contributed by atoms with Gasteiger partial charge in [0.25, 0.3) is 0 Å². The Balaban J connectivity index is 1.74. The van der Waals surface area contributed by atoms with E-state index < -0.39 is 0 Å². The van der Waals surface area contributed by atoms with Crippen LogP contribution in [0.1, 0.15) is 29.3 Å². The van der Waals surface area contributed by atoms with Gasteiger partial charge in [-0.05, 0) is 48.4 Å². The highest BCUT2D eigenvalue weighted by atomic mass is 35.5. The van der Waals surface area contributed by atoms with Crippen LogP contribution in [-0.4, -0.2) is 27.6 Å². The van der Waals surface area contributed by atoms with E-state index in [0.717, 1.165) is 45.2 Å². The number of halogens is 1. The smallest absolute Gasteiger partial charge is 0.159 e. The molecular formula is C25H21ClN4O. The summed E-state index contributed by atoms with van der Waals surface area (Å²) in [7, 11) is 1.69. The summed E-state index contributed by atoms with van der Waals surface area (Å²) in [5.74, 6) is 1.64. The molecule has 6 heteroatoms. The standard InChI is InChI=1S/C25H21ClN4O/c1-16-24(17-9-11-19(26)12-10-17)25-28-21(20-7-3-4-8-23(20)31-2)14-22(30(25)29-16)18-6-5-13-27-15-18/h3-13,15,22H,14H2,1-2H3/t22-/m0/s1. The van der Waals surface area contributed by atoms with Crippen LogP contribution in [0.15, 0.2) is 78.0 Å². The molecule has 5 nitrogen and oxygen atoms in total. The topological polar surface area (TPSA) is 52.3 Å². The van der Waals surface area contributed by atoms with Crippen LogP contribution in [0.2, 0.25) is 5.02 Å². The van der Waals surface area contributed by atoms with Crippen molar-refractivity contribution in [3.8, 4) is 16.9 Å². The fraction of sp³-hybridized carbons (Fsp3) is 0.160. The van der Waals surface area contributed by atoms with Gasteiger partial charge < -0.3 is 4.74 Å². The molecule has 0 aliphatic carbocycles. The molecule has 0 N–H and O–H groups in total. The first-order valence-electron chi connectivity index (χ1n) is 10.1. The molecule has 2 aromatic heterocycles. The highest BCUT2D eigenvalue weighted by molar-refractivity contribution is 6.30. The Labute approximate surface area is 186 Å². The summed E-state index contributed by atoms with van der Waals surface area (Å²) in [6.07, 6.45) is 4.38. The second-order valence-corrected chi connectivity index (χ2v) is 7.94. The van der Waals surface area contributed by atoms with Crippen molar-refractivity contribution in [2.45, 2.75) is 19.4 Å². The van der Waals surface area contributed by atoms with Gasteiger partial charge in [-0.1, -0.05) is 41.9 Å². The van der Waals surface area contributed by atoms with E-state index in [2.05, 4.69) is 17.1 Å². The Morgan fingerprint density at radius 1 is 1.03 bits per heavy atom. The number of fused-ring (bicyclic) bond motifs is 1. The third-order valence-corrected chi connectivity index (χ3v) is 5.85. The van der Waals surface area contributed by atoms with E-state index in [4.69, 9.17) is 26.4 Å². The third kappa shape index (κ3) is 3.51. The van der Waals surface area contributed by atoms with Crippen LogP contribution in [0.3, 0.4) is 0 Å². The molecule has 154 valence electrons. The summed E-state index contributed by atoms with van der Waals surface area (Å²) in [5.41, 5.74) is 6.03. The van der Waals surface area contributed by atoms with Crippen molar-refractivity contribution in [3.63, 3.8) is 0 Å². The number of pyridine rings is 1. The SMILES string of the molecule is COc1ccccc1C1=Nc2c(-c3ccc(Cl)cc3)c(C)nn2[C@H](c2cccnc2)C1. The van der Waals surface area contributed by atoms with E-state index in [0.29, 0.717) is 11.4 Å². The van der Waals surface area contributed by atoms with Crippen molar-refractivity contribution < 1.29 is 4.74 Å². The first kappa shape index (κ1) is 19.5. The molecule has 0 saturated carbocycles. The van der Waals surface area contributed by atoms with Crippen LogP contribution in [0.25, 0.3) is 11.1 Å². The molecule has 0 fully saturated rings. The van der Waals surface area contributed by atoms with E-state index in [1.165, 1.54) is 0 Å². The monoisotopic (exact) mass is 428 g/mol. The first-order chi connectivity index (χ1) is 15.2. The first-order valence-corrected chi connectivity index (χ1v) is 10.5. The van der Waals surface area contributed by atoms with Gasteiger partial charge in [-0.2, -0.15) is 5.10 Å². The number of rotatable bonds is 4. The normalized spacial score (nSPS) is 15.3. The molecule has 1 aliphatic rings. The van der Waals surface area contributed by atoms with Crippen molar-refractivity contribution in [2.75, 3.05) is 7.11 Å². The number of benzene rings is 2. The number of aromatic nitrogens is 3. The van der Waals surface area contributed by atoms with Gasteiger partial charge in [-0.25, -0.2) is 9.67 Å². The van der Waals surface area contributed by atoms with Crippen LogP contribution in [0, 0.1) is 6.92 Å². The number of nitrogens with zero attached hydrogens (tertiary/aromatic N) is 4. The summed E-state index contributed by atoms with van der Waals surface area (Å²) in [6, 6.07) is 19.9. The fourth-order valence-electron chi connectivity index (χ4n) is 4.14. The van der Waals surface area contributed by atoms with Gasteiger partial charge in [0.1, 0.15) is 5.75 Å². The molecule has 4 aromatic rings. The molecule has 0 saturated heterocycles. The Morgan fingerprint density at radius 2 is 1.84 bits per heavy atom. The van der Waals surface area contributed by atoms with Crippen molar-refractivity contribution in [3.05, 3.63) is 94.9 Å². The number of aliphatic imine (C=N–C) groups is 1.